The molecule has 110 valence electrons. The average molecular weight is 277 g/mol. The predicted molar refractivity (Wildman–Crippen MR) is 78.2 cm³/mol. The summed E-state index contributed by atoms with van der Waals surface area (Å²) in [7, 11) is 0. The standard InChI is InChI=1S/C14H23N5O/c1-3-9-10(8-15)14(18-17-11(9)4-2)19-7-5-6-12(19)13(16)20/h12H,3-8,15H2,1-2H3,(H2,16,20). The van der Waals surface area contributed by atoms with Gasteiger partial charge in [0.2, 0.25) is 5.91 Å². The van der Waals surface area contributed by atoms with Crippen LogP contribution in [0.4, 0.5) is 5.82 Å². The van der Waals surface area contributed by atoms with Gasteiger partial charge in [0.1, 0.15) is 6.04 Å². The van der Waals surface area contributed by atoms with Crippen molar-refractivity contribution < 1.29 is 4.79 Å². The van der Waals surface area contributed by atoms with Crippen LogP contribution in [0.25, 0.3) is 0 Å². The highest BCUT2D eigenvalue weighted by atomic mass is 16.1. The Morgan fingerprint density at radius 1 is 1.30 bits per heavy atom. The highest BCUT2D eigenvalue weighted by molar-refractivity contribution is 5.84. The number of hydrogen-bond acceptors (Lipinski definition) is 5. The summed E-state index contributed by atoms with van der Waals surface area (Å²) in [6.07, 6.45) is 3.42. The largest absolute Gasteiger partial charge is 0.368 e. The second-order valence-electron chi connectivity index (χ2n) is 5.09. The number of rotatable bonds is 5. The molecule has 1 aliphatic heterocycles. The zero-order valence-electron chi connectivity index (χ0n) is 12.2. The fourth-order valence-corrected chi connectivity index (χ4v) is 3.00. The highest BCUT2D eigenvalue weighted by Crippen LogP contribution is 2.29. The summed E-state index contributed by atoms with van der Waals surface area (Å²) >= 11 is 0. The lowest BCUT2D eigenvalue weighted by Gasteiger charge is -2.26. The molecule has 1 fully saturated rings. The Hall–Kier alpha value is -1.69. The van der Waals surface area contributed by atoms with E-state index < -0.39 is 0 Å². The van der Waals surface area contributed by atoms with Crippen LogP contribution in [0, 0.1) is 0 Å². The Labute approximate surface area is 119 Å². The van der Waals surface area contributed by atoms with Crippen LogP contribution in [0.5, 0.6) is 0 Å². The minimum absolute atomic E-state index is 0.285. The molecule has 1 amide bonds. The monoisotopic (exact) mass is 277 g/mol. The molecule has 1 aromatic heterocycles. The van der Waals surface area contributed by atoms with E-state index in [1.807, 2.05) is 4.90 Å². The molecule has 2 heterocycles. The van der Waals surface area contributed by atoms with Crippen LogP contribution >= 0.6 is 0 Å². The van der Waals surface area contributed by atoms with Gasteiger partial charge in [0, 0.05) is 18.7 Å². The third kappa shape index (κ3) is 2.47. The molecular formula is C14H23N5O. The lowest BCUT2D eigenvalue weighted by molar-refractivity contribution is -0.119. The Morgan fingerprint density at radius 3 is 2.60 bits per heavy atom. The minimum Gasteiger partial charge on any atom is -0.368 e. The fraction of sp³-hybridized carbons (Fsp3) is 0.643. The van der Waals surface area contributed by atoms with Crippen molar-refractivity contribution in [2.75, 3.05) is 11.4 Å². The molecule has 1 saturated heterocycles. The molecule has 0 aromatic carbocycles. The van der Waals surface area contributed by atoms with Gasteiger partial charge >= 0.3 is 0 Å². The maximum atomic E-state index is 11.6. The first-order chi connectivity index (χ1) is 9.63. The summed E-state index contributed by atoms with van der Waals surface area (Å²) < 4.78 is 0. The van der Waals surface area contributed by atoms with Crippen LogP contribution in [-0.4, -0.2) is 28.7 Å². The molecule has 4 N–H and O–H groups in total. The van der Waals surface area contributed by atoms with Crippen LogP contribution in [0.3, 0.4) is 0 Å². The first-order valence-corrected chi connectivity index (χ1v) is 7.27. The van der Waals surface area contributed by atoms with Crippen LogP contribution in [0.1, 0.15) is 43.5 Å². The van der Waals surface area contributed by atoms with Crippen LogP contribution in [0.2, 0.25) is 0 Å². The van der Waals surface area contributed by atoms with Crippen molar-refractivity contribution in [2.24, 2.45) is 11.5 Å². The molecule has 0 spiro atoms. The van der Waals surface area contributed by atoms with E-state index in [0.29, 0.717) is 6.54 Å². The maximum absolute atomic E-state index is 11.6. The molecule has 6 nitrogen and oxygen atoms in total. The number of hydrogen-bond donors (Lipinski definition) is 2. The van der Waals surface area contributed by atoms with E-state index in [1.165, 1.54) is 0 Å². The van der Waals surface area contributed by atoms with Crippen molar-refractivity contribution in [3.63, 3.8) is 0 Å². The van der Waals surface area contributed by atoms with E-state index >= 15 is 0 Å². The van der Waals surface area contributed by atoms with Gasteiger partial charge < -0.3 is 16.4 Å². The molecule has 0 radical (unpaired) electrons. The zero-order chi connectivity index (χ0) is 14.7. The number of nitrogens with two attached hydrogens (primary N) is 2. The smallest absolute Gasteiger partial charge is 0.240 e. The normalized spacial score (nSPS) is 18.6. The number of carbonyl (C=O) groups is 1. The van der Waals surface area contributed by atoms with E-state index in [0.717, 1.165) is 54.9 Å². The van der Waals surface area contributed by atoms with Crippen molar-refractivity contribution in [3.8, 4) is 0 Å². The summed E-state index contributed by atoms with van der Waals surface area (Å²) in [6.45, 7) is 5.34. The zero-order valence-corrected chi connectivity index (χ0v) is 12.2. The van der Waals surface area contributed by atoms with E-state index in [9.17, 15) is 4.79 Å². The number of primary amides is 1. The van der Waals surface area contributed by atoms with Crippen molar-refractivity contribution in [2.45, 2.75) is 52.1 Å². The van der Waals surface area contributed by atoms with E-state index in [1.54, 1.807) is 0 Å². The molecule has 20 heavy (non-hydrogen) atoms. The number of aryl methyl sites for hydroxylation is 1. The molecule has 1 unspecified atom stereocenters. The Morgan fingerprint density at radius 2 is 2.05 bits per heavy atom. The molecule has 1 aromatic rings. The van der Waals surface area contributed by atoms with Gasteiger partial charge in [-0.25, -0.2) is 0 Å². The SMILES string of the molecule is CCc1nnc(N2CCCC2C(N)=O)c(CN)c1CC. The Balaban J connectivity index is 2.48. The van der Waals surface area contributed by atoms with Crippen molar-refractivity contribution >= 4 is 11.7 Å². The van der Waals surface area contributed by atoms with Crippen molar-refractivity contribution in [1.82, 2.24) is 10.2 Å². The van der Waals surface area contributed by atoms with Gasteiger partial charge in [0.05, 0.1) is 5.69 Å². The van der Waals surface area contributed by atoms with Gasteiger partial charge in [-0.1, -0.05) is 13.8 Å². The highest BCUT2D eigenvalue weighted by Gasteiger charge is 2.32. The van der Waals surface area contributed by atoms with Gasteiger partial charge in [-0.3, -0.25) is 4.79 Å². The molecular weight excluding hydrogens is 254 g/mol. The minimum atomic E-state index is -0.301. The van der Waals surface area contributed by atoms with Crippen LogP contribution in [0.15, 0.2) is 0 Å². The van der Waals surface area contributed by atoms with Crippen LogP contribution in [-0.2, 0) is 24.2 Å². The third-order valence-corrected chi connectivity index (χ3v) is 3.99. The van der Waals surface area contributed by atoms with Gasteiger partial charge in [0.25, 0.3) is 0 Å². The third-order valence-electron chi connectivity index (χ3n) is 3.99. The predicted octanol–water partition coefficient (Wildman–Crippen LogP) is 0.514. The number of aromatic nitrogens is 2. The molecule has 1 aliphatic rings. The second-order valence-corrected chi connectivity index (χ2v) is 5.09. The molecule has 2 rings (SSSR count). The number of carbonyl (C=O) groups excluding carboxylic acids is 1. The lowest BCUT2D eigenvalue weighted by Crippen LogP contribution is -2.41. The van der Waals surface area contributed by atoms with Gasteiger partial charge in [-0.2, -0.15) is 5.10 Å². The van der Waals surface area contributed by atoms with Crippen molar-refractivity contribution in [3.05, 3.63) is 16.8 Å². The number of nitrogens with zero attached hydrogens (tertiary/aromatic N) is 3. The van der Waals surface area contributed by atoms with E-state index in [-0.39, 0.29) is 11.9 Å². The van der Waals surface area contributed by atoms with Crippen LogP contribution < -0.4 is 16.4 Å². The van der Waals surface area contributed by atoms with E-state index in [4.69, 9.17) is 11.5 Å². The molecule has 0 bridgehead atoms. The van der Waals surface area contributed by atoms with Gasteiger partial charge in [-0.05, 0) is 31.2 Å². The van der Waals surface area contributed by atoms with Crippen molar-refractivity contribution in [1.29, 1.82) is 0 Å². The fourth-order valence-electron chi connectivity index (χ4n) is 3.00. The first-order valence-electron chi connectivity index (χ1n) is 7.27. The lowest BCUT2D eigenvalue weighted by atomic mass is 10.0. The Bertz CT molecular complexity index is 503. The summed E-state index contributed by atoms with van der Waals surface area (Å²) in [6, 6.07) is -0.285. The molecule has 1 atom stereocenters. The summed E-state index contributed by atoms with van der Waals surface area (Å²) in [5.74, 6) is 0.438. The number of amides is 1. The molecule has 0 aliphatic carbocycles. The average Bonchev–Trinajstić information content (AvgIpc) is 2.94. The first kappa shape index (κ1) is 14.7. The summed E-state index contributed by atoms with van der Waals surface area (Å²) in [5.41, 5.74) is 14.6. The Kier molecular flexibility index (Phi) is 4.54. The van der Waals surface area contributed by atoms with Gasteiger partial charge in [0.15, 0.2) is 5.82 Å². The maximum Gasteiger partial charge on any atom is 0.240 e. The van der Waals surface area contributed by atoms with E-state index in [2.05, 4.69) is 24.0 Å². The molecule has 0 saturated carbocycles. The quantitative estimate of drug-likeness (QED) is 0.817. The van der Waals surface area contributed by atoms with Gasteiger partial charge in [-0.15, -0.1) is 5.10 Å². The number of anilines is 1. The topological polar surface area (TPSA) is 98.1 Å². The molecule has 6 heteroatoms. The summed E-state index contributed by atoms with van der Waals surface area (Å²) in [5, 5.41) is 8.65. The second kappa shape index (κ2) is 6.17. The summed E-state index contributed by atoms with van der Waals surface area (Å²) in [4.78, 5) is 13.5.